The van der Waals surface area contributed by atoms with Crippen molar-refractivity contribution in [2.45, 2.75) is 45.8 Å². The first-order chi connectivity index (χ1) is 14.1. The van der Waals surface area contributed by atoms with Gasteiger partial charge in [-0.1, -0.05) is 0 Å². The monoisotopic (exact) mass is 418 g/mol. The summed E-state index contributed by atoms with van der Waals surface area (Å²) in [5.74, 6) is 0.0198. The maximum atomic E-state index is 13.0. The third kappa shape index (κ3) is 4.52. The Morgan fingerprint density at radius 1 is 1.03 bits per heavy atom. The number of fused-ring (bicyclic) bond motifs is 1. The average Bonchev–Trinajstić information content (AvgIpc) is 2.85. The fraction of sp³-hybridized carbons (Fsp3) is 0.591. The lowest BCUT2D eigenvalue weighted by Crippen LogP contribution is -2.38. The lowest BCUT2D eigenvalue weighted by molar-refractivity contribution is -0.140. The van der Waals surface area contributed by atoms with Crippen LogP contribution in [0.5, 0.6) is 11.5 Å². The molecule has 0 aromatic heterocycles. The van der Waals surface area contributed by atoms with Crippen LogP contribution >= 0.6 is 0 Å². The van der Waals surface area contributed by atoms with Gasteiger partial charge in [0.05, 0.1) is 32.6 Å². The van der Waals surface area contributed by atoms with Gasteiger partial charge < -0.3 is 19.1 Å². The van der Waals surface area contributed by atoms with Crippen molar-refractivity contribution in [3.63, 3.8) is 0 Å². The first kappa shape index (κ1) is 21.9. The van der Waals surface area contributed by atoms with E-state index in [4.69, 9.17) is 14.2 Å². The number of likely N-dealkylation sites (tertiary alicyclic amines) is 2. The molecule has 3 amide bonds. The molecule has 164 valence electrons. The Morgan fingerprint density at radius 2 is 1.63 bits per heavy atom. The van der Waals surface area contributed by atoms with Crippen LogP contribution in [0, 0.1) is 11.8 Å². The zero-order chi connectivity index (χ0) is 22.1. The lowest BCUT2D eigenvalue weighted by Gasteiger charge is -2.26. The van der Waals surface area contributed by atoms with Crippen LogP contribution in [0.15, 0.2) is 18.2 Å². The summed E-state index contributed by atoms with van der Waals surface area (Å²) in [7, 11) is 3.11. The summed E-state index contributed by atoms with van der Waals surface area (Å²) < 4.78 is 16.0. The Labute approximate surface area is 177 Å². The minimum absolute atomic E-state index is 0.160. The second-order valence-corrected chi connectivity index (χ2v) is 8.70. The molecule has 30 heavy (non-hydrogen) atoms. The minimum atomic E-state index is -0.584. The predicted octanol–water partition coefficient (Wildman–Crippen LogP) is 2.84. The van der Waals surface area contributed by atoms with E-state index in [9.17, 15) is 14.4 Å². The van der Waals surface area contributed by atoms with E-state index in [1.807, 2.05) is 20.8 Å². The second-order valence-electron chi connectivity index (χ2n) is 8.70. The summed E-state index contributed by atoms with van der Waals surface area (Å²) in [5, 5.41) is 0. The van der Waals surface area contributed by atoms with Crippen LogP contribution in [0.1, 0.15) is 39.2 Å². The molecule has 0 N–H and O–H groups in total. The van der Waals surface area contributed by atoms with Gasteiger partial charge >= 0.3 is 6.09 Å². The van der Waals surface area contributed by atoms with Crippen molar-refractivity contribution in [2.75, 3.05) is 27.3 Å². The lowest BCUT2D eigenvalue weighted by atomic mass is 9.91. The van der Waals surface area contributed by atoms with Crippen molar-refractivity contribution in [2.24, 2.45) is 11.8 Å². The molecule has 0 spiro atoms. The van der Waals surface area contributed by atoms with E-state index in [1.165, 1.54) is 4.90 Å². The number of hydrogen-bond acceptors (Lipinski definition) is 6. The Balaban J connectivity index is 1.71. The molecule has 2 aliphatic heterocycles. The number of carbonyl (C=O) groups is 3. The summed E-state index contributed by atoms with van der Waals surface area (Å²) in [4.78, 5) is 41.4. The van der Waals surface area contributed by atoms with Crippen molar-refractivity contribution in [3.05, 3.63) is 23.8 Å². The molecule has 3 rings (SSSR count). The van der Waals surface area contributed by atoms with Crippen LogP contribution in [-0.2, 0) is 20.9 Å². The van der Waals surface area contributed by atoms with E-state index in [0.29, 0.717) is 37.4 Å². The normalized spacial score (nSPS) is 21.9. The molecule has 2 heterocycles. The molecule has 2 aliphatic rings. The fourth-order valence-electron chi connectivity index (χ4n) is 4.02. The van der Waals surface area contributed by atoms with Crippen LogP contribution < -0.4 is 9.47 Å². The molecule has 1 aromatic carbocycles. The van der Waals surface area contributed by atoms with Crippen molar-refractivity contribution in [1.29, 1.82) is 0 Å². The van der Waals surface area contributed by atoms with Gasteiger partial charge in [0.1, 0.15) is 17.1 Å². The summed E-state index contributed by atoms with van der Waals surface area (Å²) in [6.45, 7) is 6.40. The molecule has 0 bridgehead atoms. The molecule has 8 heteroatoms. The van der Waals surface area contributed by atoms with Crippen LogP contribution in [0.4, 0.5) is 4.79 Å². The van der Waals surface area contributed by atoms with Crippen LogP contribution in [0.2, 0.25) is 0 Å². The highest BCUT2D eigenvalue weighted by Crippen LogP contribution is 2.36. The van der Waals surface area contributed by atoms with Crippen molar-refractivity contribution < 1.29 is 28.6 Å². The zero-order valence-electron chi connectivity index (χ0n) is 18.3. The van der Waals surface area contributed by atoms with Crippen molar-refractivity contribution in [1.82, 2.24) is 9.80 Å². The first-order valence-electron chi connectivity index (χ1n) is 10.2. The first-order valence-corrected chi connectivity index (χ1v) is 10.2. The van der Waals surface area contributed by atoms with Gasteiger partial charge in [0.25, 0.3) is 0 Å². The minimum Gasteiger partial charge on any atom is -0.497 e. The van der Waals surface area contributed by atoms with Gasteiger partial charge in [-0.25, -0.2) is 4.79 Å². The molecule has 0 unspecified atom stereocenters. The number of amides is 3. The Hall–Kier alpha value is -2.77. The van der Waals surface area contributed by atoms with E-state index in [0.717, 1.165) is 5.56 Å². The van der Waals surface area contributed by atoms with Crippen molar-refractivity contribution >= 4 is 17.9 Å². The highest BCUT2D eigenvalue weighted by Gasteiger charge is 2.48. The number of nitrogens with zero attached hydrogens (tertiary/aromatic N) is 2. The van der Waals surface area contributed by atoms with Gasteiger partial charge in [-0.15, -0.1) is 0 Å². The van der Waals surface area contributed by atoms with Gasteiger partial charge in [-0.3, -0.25) is 14.5 Å². The molecular weight excluding hydrogens is 388 g/mol. The van der Waals surface area contributed by atoms with E-state index >= 15 is 0 Å². The SMILES string of the molecule is COc1ccc(CN2C(=O)[C@H]3CCN(C(=O)OC(C)(C)C)CC[C@H]3C2=O)c(OC)c1. The van der Waals surface area contributed by atoms with Gasteiger partial charge in [-0.2, -0.15) is 0 Å². The Bertz CT molecular complexity index is 805. The van der Waals surface area contributed by atoms with E-state index in [2.05, 4.69) is 0 Å². The third-order valence-electron chi connectivity index (χ3n) is 5.55. The van der Waals surface area contributed by atoms with Gasteiger partial charge in [0.2, 0.25) is 11.8 Å². The molecule has 0 radical (unpaired) electrons. The van der Waals surface area contributed by atoms with Crippen molar-refractivity contribution in [3.8, 4) is 11.5 Å². The number of imide groups is 1. The topological polar surface area (TPSA) is 85.4 Å². The molecule has 2 saturated heterocycles. The molecule has 0 saturated carbocycles. The smallest absolute Gasteiger partial charge is 0.410 e. The van der Waals surface area contributed by atoms with E-state index < -0.39 is 23.5 Å². The van der Waals surface area contributed by atoms with Gasteiger partial charge in [0.15, 0.2) is 0 Å². The zero-order valence-corrected chi connectivity index (χ0v) is 18.3. The Morgan fingerprint density at radius 3 is 2.13 bits per heavy atom. The number of carbonyl (C=O) groups excluding carboxylic acids is 3. The van der Waals surface area contributed by atoms with Crippen LogP contribution in [-0.4, -0.2) is 60.6 Å². The predicted molar refractivity (Wildman–Crippen MR) is 109 cm³/mol. The quantitative estimate of drug-likeness (QED) is 0.699. The number of rotatable bonds is 4. The molecule has 2 fully saturated rings. The standard InChI is InChI=1S/C22H30N2O6/c1-22(2,3)30-21(27)23-10-8-16-17(9-11-23)20(26)24(19(16)25)13-14-6-7-15(28-4)12-18(14)29-5/h6-7,12,16-17H,8-11,13H2,1-5H3/t16-,17+. The summed E-state index contributed by atoms with van der Waals surface area (Å²) >= 11 is 0. The molecule has 2 atom stereocenters. The molecular formula is C22H30N2O6. The molecule has 8 nitrogen and oxygen atoms in total. The number of methoxy groups -OCH3 is 2. The largest absolute Gasteiger partial charge is 0.497 e. The Kier molecular flexibility index (Phi) is 6.24. The number of benzene rings is 1. The summed E-state index contributed by atoms with van der Waals surface area (Å²) in [5.41, 5.74) is 0.158. The van der Waals surface area contributed by atoms with Crippen LogP contribution in [0.25, 0.3) is 0 Å². The number of hydrogen-bond donors (Lipinski definition) is 0. The maximum absolute atomic E-state index is 13.0. The summed E-state index contributed by atoms with van der Waals surface area (Å²) in [6.07, 6.45) is 0.498. The number of ether oxygens (including phenoxy) is 3. The maximum Gasteiger partial charge on any atom is 0.410 e. The molecule has 0 aliphatic carbocycles. The van der Waals surface area contributed by atoms with Gasteiger partial charge in [-0.05, 0) is 45.7 Å². The highest BCUT2D eigenvalue weighted by molar-refractivity contribution is 6.05. The summed E-state index contributed by atoms with van der Waals surface area (Å²) in [6, 6.07) is 5.31. The average molecular weight is 418 g/mol. The van der Waals surface area contributed by atoms with E-state index in [-0.39, 0.29) is 18.4 Å². The highest BCUT2D eigenvalue weighted by atomic mass is 16.6. The van der Waals surface area contributed by atoms with Gasteiger partial charge in [0, 0.05) is 24.7 Å². The van der Waals surface area contributed by atoms with Crippen LogP contribution in [0.3, 0.4) is 0 Å². The third-order valence-corrected chi connectivity index (χ3v) is 5.55. The van der Waals surface area contributed by atoms with E-state index in [1.54, 1.807) is 37.3 Å². The fourth-order valence-corrected chi connectivity index (χ4v) is 4.02. The second kappa shape index (κ2) is 8.53. The molecule has 1 aromatic rings.